The van der Waals surface area contributed by atoms with E-state index >= 15 is 0 Å². The molecule has 2 aliphatic carbocycles. The van der Waals surface area contributed by atoms with Crippen LogP contribution in [0.4, 0.5) is 5.95 Å². The number of aromatic nitrogens is 4. The number of tetrazole rings is 1. The second-order valence-corrected chi connectivity index (χ2v) is 9.49. The number of hydrogen-bond donors (Lipinski definition) is 4. The third kappa shape index (κ3) is 5.89. The maximum absolute atomic E-state index is 12.1. The molecule has 1 heterocycles. The molecule has 0 unspecified atom stereocenters. The summed E-state index contributed by atoms with van der Waals surface area (Å²) in [5.41, 5.74) is 2.37. The average Bonchev–Trinajstić information content (AvgIpc) is 3.41. The highest BCUT2D eigenvalue weighted by Crippen LogP contribution is 2.48. The summed E-state index contributed by atoms with van der Waals surface area (Å²) in [6.45, 7) is 2.03. The molecule has 0 bridgehead atoms. The van der Waals surface area contributed by atoms with Gasteiger partial charge in [0.1, 0.15) is 5.75 Å². The number of benzene rings is 1. The molecule has 1 aromatic heterocycles. The Labute approximate surface area is 194 Å². The minimum Gasteiger partial charge on any atom is -0.483 e. The smallest absolute Gasteiger partial charge is 0.269 e. The summed E-state index contributed by atoms with van der Waals surface area (Å²) in [4.78, 5) is 12.1. The summed E-state index contributed by atoms with van der Waals surface area (Å²) in [6, 6.07) is 5.99. The molecule has 180 valence electrons. The summed E-state index contributed by atoms with van der Waals surface area (Å²) in [7, 11) is 0. The summed E-state index contributed by atoms with van der Waals surface area (Å²) in [6.07, 6.45) is 7.83. The van der Waals surface area contributed by atoms with Crippen LogP contribution in [0.15, 0.2) is 18.2 Å². The highest BCUT2D eigenvalue weighted by molar-refractivity contribution is 5.90. The minimum absolute atomic E-state index is 0.114. The molecule has 0 saturated heterocycles. The summed E-state index contributed by atoms with van der Waals surface area (Å²) >= 11 is 0. The van der Waals surface area contributed by atoms with Crippen LogP contribution in [0.1, 0.15) is 63.0 Å². The van der Waals surface area contributed by atoms with E-state index in [1.165, 1.54) is 5.56 Å². The largest absolute Gasteiger partial charge is 0.483 e. The molecule has 9 heteroatoms. The van der Waals surface area contributed by atoms with Gasteiger partial charge in [-0.3, -0.25) is 10.1 Å². The van der Waals surface area contributed by atoms with Crippen molar-refractivity contribution in [2.75, 3.05) is 11.9 Å². The zero-order chi connectivity index (χ0) is 23.2. The first-order valence-electron chi connectivity index (χ1n) is 12.2. The first-order valence-corrected chi connectivity index (χ1v) is 12.2. The molecule has 1 saturated carbocycles. The highest BCUT2D eigenvalue weighted by atomic mass is 16.5. The molecule has 4 N–H and O–H groups in total. The van der Waals surface area contributed by atoms with E-state index in [-0.39, 0.29) is 36.6 Å². The van der Waals surface area contributed by atoms with Crippen molar-refractivity contribution in [1.82, 2.24) is 20.6 Å². The van der Waals surface area contributed by atoms with Crippen molar-refractivity contribution < 1.29 is 19.7 Å². The van der Waals surface area contributed by atoms with E-state index in [2.05, 4.69) is 38.9 Å². The lowest BCUT2D eigenvalue weighted by molar-refractivity contribution is -0.118. The second-order valence-electron chi connectivity index (χ2n) is 9.49. The van der Waals surface area contributed by atoms with Crippen LogP contribution in [0, 0.1) is 17.8 Å². The van der Waals surface area contributed by atoms with Crippen LogP contribution in [0.25, 0.3) is 0 Å². The molecule has 9 nitrogen and oxygen atoms in total. The number of H-pyrrole nitrogens is 1. The lowest BCUT2D eigenvalue weighted by Crippen LogP contribution is -2.28. The predicted octanol–water partition coefficient (Wildman–Crippen LogP) is 2.65. The third-order valence-electron chi connectivity index (χ3n) is 7.28. The molecule has 1 amide bonds. The first kappa shape index (κ1) is 23.6. The van der Waals surface area contributed by atoms with Gasteiger partial charge in [0.25, 0.3) is 11.9 Å². The minimum atomic E-state index is -0.350. The van der Waals surface area contributed by atoms with Crippen molar-refractivity contribution in [2.24, 2.45) is 17.8 Å². The number of nitrogens with zero attached hydrogens (tertiary/aromatic N) is 3. The Bertz CT molecular complexity index is 906. The van der Waals surface area contributed by atoms with Crippen LogP contribution in [0.3, 0.4) is 0 Å². The number of hydrogen-bond acceptors (Lipinski definition) is 7. The van der Waals surface area contributed by atoms with Gasteiger partial charge in [0.05, 0.1) is 12.2 Å². The zero-order valence-corrected chi connectivity index (χ0v) is 19.2. The summed E-state index contributed by atoms with van der Waals surface area (Å²) in [5, 5.41) is 36.8. The Balaban J connectivity index is 1.35. The fourth-order valence-corrected chi connectivity index (χ4v) is 5.62. The van der Waals surface area contributed by atoms with Gasteiger partial charge in [-0.1, -0.05) is 43.4 Å². The number of aliphatic hydroxyl groups is 2. The van der Waals surface area contributed by atoms with Crippen molar-refractivity contribution >= 4 is 11.9 Å². The van der Waals surface area contributed by atoms with Gasteiger partial charge in [-0.2, -0.15) is 5.21 Å². The Kier molecular flexibility index (Phi) is 7.93. The Morgan fingerprint density at radius 1 is 1.30 bits per heavy atom. The second kappa shape index (κ2) is 11.1. The standard InChI is InChI=1S/C24H35N5O4/c1-2-3-4-7-17(30)9-10-18-19-11-15-6-5-8-22(20(15)12-16(19)13-21(18)31)33-14-23(32)25-24-26-28-29-27-24/h5-6,8,16-19,21,30-31H,2-4,7,9-14H2,1H3,(H2,25,26,27,28,29,32)/t16-,17-,18+,19-,21+/m0/s1. The van der Waals surface area contributed by atoms with Gasteiger partial charge in [0, 0.05) is 0 Å². The SMILES string of the molecule is CCCCC[C@H](O)CC[C@@H]1[C@H]2Cc3cccc(OCC(=O)Nc4nn[nH]n4)c3C[C@H]2C[C@H]1O. The first-order chi connectivity index (χ1) is 16.0. The molecule has 4 rings (SSSR count). The molecule has 1 aromatic carbocycles. The van der Waals surface area contributed by atoms with E-state index in [1.54, 1.807) is 0 Å². The van der Waals surface area contributed by atoms with Gasteiger partial charge in [-0.05, 0) is 78.7 Å². The fraction of sp³-hybridized carbons (Fsp3) is 0.667. The van der Waals surface area contributed by atoms with E-state index in [0.717, 1.165) is 69.1 Å². The topological polar surface area (TPSA) is 133 Å². The van der Waals surface area contributed by atoms with Gasteiger partial charge in [-0.15, -0.1) is 5.10 Å². The van der Waals surface area contributed by atoms with Gasteiger partial charge in [0.15, 0.2) is 6.61 Å². The molecule has 0 aliphatic heterocycles. The van der Waals surface area contributed by atoms with Crippen molar-refractivity contribution in [2.45, 2.75) is 76.9 Å². The molecule has 2 aliphatic rings. The van der Waals surface area contributed by atoms with Gasteiger partial charge < -0.3 is 14.9 Å². The number of anilines is 1. The van der Waals surface area contributed by atoms with Crippen LogP contribution >= 0.6 is 0 Å². The van der Waals surface area contributed by atoms with Crippen LogP contribution in [-0.4, -0.2) is 55.6 Å². The van der Waals surface area contributed by atoms with E-state index in [4.69, 9.17) is 4.74 Å². The molecule has 0 radical (unpaired) electrons. The number of unbranched alkanes of at least 4 members (excludes halogenated alkanes) is 2. The van der Waals surface area contributed by atoms with Gasteiger partial charge in [-0.25, -0.2) is 0 Å². The van der Waals surface area contributed by atoms with Crippen LogP contribution in [0.5, 0.6) is 5.75 Å². The normalized spacial score (nSPS) is 24.7. The Hall–Kier alpha value is -2.52. The van der Waals surface area contributed by atoms with Crippen molar-refractivity contribution in [1.29, 1.82) is 0 Å². The number of rotatable bonds is 11. The van der Waals surface area contributed by atoms with E-state index in [1.807, 2.05) is 12.1 Å². The van der Waals surface area contributed by atoms with Gasteiger partial charge in [0.2, 0.25) is 0 Å². The molecule has 0 spiro atoms. The molecular formula is C24H35N5O4. The summed E-state index contributed by atoms with van der Waals surface area (Å²) in [5.74, 6) is 1.53. The quantitative estimate of drug-likeness (QED) is 0.381. The molecule has 2 aromatic rings. The average molecular weight is 458 g/mol. The van der Waals surface area contributed by atoms with Crippen LogP contribution in [0.2, 0.25) is 0 Å². The molecule has 1 fully saturated rings. The van der Waals surface area contributed by atoms with E-state index < -0.39 is 0 Å². The van der Waals surface area contributed by atoms with Gasteiger partial charge >= 0.3 is 0 Å². The zero-order valence-electron chi connectivity index (χ0n) is 19.2. The number of amides is 1. The third-order valence-corrected chi connectivity index (χ3v) is 7.28. The monoisotopic (exact) mass is 457 g/mol. The van der Waals surface area contributed by atoms with Crippen molar-refractivity contribution in [3.05, 3.63) is 29.3 Å². The number of ether oxygens (including phenoxy) is 1. The maximum Gasteiger partial charge on any atom is 0.269 e. The number of carbonyl (C=O) groups excluding carboxylic acids is 1. The Morgan fingerprint density at radius 3 is 2.97 bits per heavy atom. The van der Waals surface area contributed by atoms with Crippen molar-refractivity contribution in [3.63, 3.8) is 0 Å². The molecule has 5 atom stereocenters. The van der Waals surface area contributed by atoms with Crippen molar-refractivity contribution in [3.8, 4) is 5.75 Å². The molecular weight excluding hydrogens is 422 g/mol. The number of fused-ring (bicyclic) bond motifs is 2. The number of aromatic amines is 1. The highest BCUT2D eigenvalue weighted by Gasteiger charge is 2.44. The van der Waals surface area contributed by atoms with Crippen LogP contribution in [-0.2, 0) is 17.6 Å². The van der Waals surface area contributed by atoms with E-state index in [0.29, 0.717) is 11.8 Å². The summed E-state index contributed by atoms with van der Waals surface area (Å²) < 4.78 is 5.85. The number of carbonyl (C=O) groups is 1. The van der Waals surface area contributed by atoms with Crippen LogP contribution < -0.4 is 10.1 Å². The number of aliphatic hydroxyl groups excluding tert-OH is 2. The predicted molar refractivity (Wildman–Crippen MR) is 123 cm³/mol. The number of nitrogens with one attached hydrogen (secondary N) is 2. The lowest BCUT2D eigenvalue weighted by atomic mass is 9.73. The fourth-order valence-electron chi connectivity index (χ4n) is 5.62. The lowest BCUT2D eigenvalue weighted by Gasteiger charge is -2.32. The maximum atomic E-state index is 12.1. The van der Waals surface area contributed by atoms with E-state index in [9.17, 15) is 15.0 Å². The molecule has 33 heavy (non-hydrogen) atoms. The Morgan fingerprint density at radius 2 is 2.18 bits per heavy atom.